The quantitative estimate of drug-likeness (QED) is 0.797. The number of carbonyl (C=O) groups excluding carboxylic acids is 1. The second-order valence-corrected chi connectivity index (χ2v) is 4.87. The molecule has 0 fully saturated rings. The van der Waals surface area contributed by atoms with E-state index in [0.717, 1.165) is 0 Å². The SMILES string of the molecule is O=C(O)Cc1cc(CC(=O)O)cc(C(=O)c2ccccc2)c1. The Kier molecular flexibility index (Phi) is 4.68. The van der Waals surface area contributed by atoms with Crippen molar-refractivity contribution >= 4 is 17.7 Å². The molecule has 0 heterocycles. The molecule has 5 nitrogen and oxygen atoms in total. The Morgan fingerprint density at radius 3 is 1.68 bits per heavy atom. The Morgan fingerprint density at radius 2 is 1.23 bits per heavy atom. The van der Waals surface area contributed by atoms with Gasteiger partial charge in [0.2, 0.25) is 0 Å². The molecule has 0 unspecified atom stereocenters. The topological polar surface area (TPSA) is 91.7 Å². The highest BCUT2D eigenvalue weighted by Crippen LogP contribution is 2.16. The number of benzene rings is 2. The summed E-state index contributed by atoms with van der Waals surface area (Å²) in [5.41, 5.74) is 1.58. The van der Waals surface area contributed by atoms with Gasteiger partial charge in [0.15, 0.2) is 5.78 Å². The first kappa shape index (κ1) is 15.4. The lowest BCUT2D eigenvalue weighted by Gasteiger charge is -2.07. The maximum absolute atomic E-state index is 12.4. The minimum Gasteiger partial charge on any atom is -0.481 e. The minimum atomic E-state index is -1.04. The maximum Gasteiger partial charge on any atom is 0.307 e. The maximum atomic E-state index is 12.4. The third kappa shape index (κ3) is 4.02. The van der Waals surface area contributed by atoms with Crippen LogP contribution in [0.3, 0.4) is 0 Å². The number of carboxylic acid groups (broad SMARTS) is 2. The molecule has 0 radical (unpaired) electrons. The molecule has 2 rings (SSSR count). The molecule has 0 spiro atoms. The van der Waals surface area contributed by atoms with E-state index in [1.54, 1.807) is 30.3 Å². The van der Waals surface area contributed by atoms with Crippen molar-refractivity contribution in [1.29, 1.82) is 0 Å². The van der Waals surface area contributed by atoms with Gasteiger partial charge < -0.3 is 10.2 Å². The van der Waals surface area contributed by atoms with Crippen molar-refractivity contribution < 1.29 is 24.6 Å². The van der Waals surface area contributed by atoms with Gasteiger partial charge >= 0.3 is 11.9 Å². The summed E-state index contributed by atoms with van der Waals surface area (Å²) in [4.78, 5) is 34.1. The van der Waals surface area contributed by atoms with Crippen LogP contribution in [0.4, 0.5) is 0 Å². The van der Waals surface area contributed by atoms with Crippen molar-refractivity contribution in [3.8, 4) is 0 Å². The third-order valence-corrected chi connectivity index (χ3v) is 3.06. The molecule has 5 heteroatoms. The summed E-state index contributed by atoms with van der Waals surface area (Å²) in [6.45, 7) is 0. The Morgan fingerprint density at radius 1 is 0.727 bits per heavy atom. The molecule has 0 aliphatic rings. The molecule has 2 aromatic rings. The Hall–Kier alpha value is -2.95. The number of carboxylic acids is 2. The van der Waals surface area contributed by atoms with Gasteiger partial charge in [-0.3, -0.25) is 14.4 Å². The summed E-state index contributed by atoms with van der Waals surface area (Å²) in [6, 6.07) is 13.0. The molecule has 0 atom stereocenters. The van der Waals surface area contributed by atoms with Gasteiger partial charge in [0.25, 0.3) is 0 Å². The van der Waals surface area contributed by atoms with Crippen LogP contribution in [0.1, 0.15) is 27.0 Å². The van der Waals surface area contributed by atoms with E-state index in [0.29, 0.717) is 22.3 Å². The largest absolute Gasteiger partial charge is 0.481 e. The third-order valence-electron chi connectivity index (χ3n) is 3.06. The Bertz CT molecular complexity index is 685. The molecule has 2 aromatic carbocycles. The molecule has 112 valence electrons. The first-order valence-electron chi connectivity index (χ1n) is 6.62. The highest BCUT2D eigenvalue weighted by molar-refractivity contribution is 6.09. The lowest BCUT2D eigenvalue weighted by molar-refractivity contribution is -0.137. The van der Waals surface area contributed by atoms with Crippen LogP contribution in [0.2, 0.25) is 0 Å². The van der Waals surface area contributed by atoms with E-state index >= 15 is 0 Å². The van der Waals surface area contributed by atoms with Gasteiger partial charge in [0.1, 0.15) is 0 Å². The number of ketones is 1. The van der Waals surface area contributed by atoms with Crippen molar-refractivity contribution in [2.24, 2.45) is 0 Å². The van der Waals surface area contributed by atoms with E-state index in [2.05, 4.69) is 0 Å². The van der Waals surface area contributed by atoms with E-state index < -0.39 is 11.9 Å². The second kappa shape index (κ2) is 6.67. The van der Waals surface area contributed by atoms with Crippen LogP contribution in [0.5, 0.6) is 0 Å². The number of rotatable bonds is 6. The van der Waals surface area contributed by atoms with Gasteiger partial charge in [0.05, 0.1) is 12.8 Å². The summed E-state index contributed by atoms with van der Waals surface area (Å²) in [6.07, 6.45) is -0.523. The van der Waals surface area contributed by atoms with E-state index in [9.17, 15) is 14.4 Å². The van der Waals surface area contributed by atoms with Crippen LogP contribution in [-0.2, 0) is 22.4 Å². The Labute approximate surface area is 126 Å². The van der Waals surface area contributed by atoms with Crippen LogP contribution in [-0.4, -0.2) is 27.9 Å². The number of carbonyl (C=O) groups is 3. The van der Waals surface area contributed by atoms with Crippen molar-refractivity contribution in [3.05, 3.63) is 70.8 Å². The summed E-state index contributed by atoms with van der Waals surface area (Å²) in [5.74, 6) is -2.34. The molecule has 22 heavy (non-hydrogen) atoms. The van der Waals surface area contributed by atoms with E-state index in [4.69, 9.17) is 10.2 Å². The predicted molar refractivity (Wildman–Crippen MR) is 79.0 cm³/mol. The number of hydrogen-bond donors (Lipinski definition) is 2. The average Bonchev–Trinajstić information content (AvgIpc) is 2.45. The molecule has 0 aliphatic carbocycles. The van der Waals surface area contributed by atoms with Gasteiger partial charge in [-0.05, 0) is 23.3 Å². The zero-order valence-corrected chi connectivity index (χ0v) is 11.7. The number of hydrogen-bond acceptors (Lipinski definition) is 3. The van der Waals surface area contributed by atoms with Crippen LogP contribution >= 0.6 is 0 Å². The summed E-state index contributed by atoms with van der Waals surface area (Å²) in [5, 5.41) is 17.8. The molecule has 0 aromatic heterocycles. The zero-order chi connectivity index (χ0) is 16.1. The van der Waals surface area contributed by atoms with Crippen molar-refractivity contribution in [1.82, 2.24) is 0 Å². The second-order valence-electron chi connectivity index (χ2n) is 4.87. The lowest BCUT2D eigenvalue weighted by Crippen LogP contribution is -2.08. The van der Waals surface area contributed by atoms with Gasteiger partial charge in [0, 0.05) is 11.1 Å². The summed E-state index contributed by atoms with van der Waals surface area (Å²) >= 11 is 0. The highest BCUT2D eigenvalue weighted by atomic mass is 16.4. The van der Waals surface area contributed by atoms with Crippen LogP contribution in [0, 0.1) is 0 Å². The van der Waals surface area contributed by atoms with Crippen molar-refractivity contribution in [3.63, 3.8) is 0 Å². The summed E-state index contributed by atoms with van der Waals surface area (Å²) < 4.78 is 0. The first-order valence-corrected chi connectivity index (χ1v) is 6.62. The van der Waals surface area contributed by atoms with Gasteiger partial charge in [-0.15, -0.1) is 0 Å². The van der Waals surface area contributed by atoms with Gasteiger partial charge in [-0.25, -0.2) is 0 Å². The highest BCUT2D eigenvalue weighted by Gasteiger charge is 2.13. The van der Waals surface area contributed by atoms with Crippen LogP contribution < -0.4 is 0 Å². The molecular weight excluding hydrogens is 284 g/mol. The molecule has 2 N–H and O–H groups in total. The Balaban J connectivity index is 2.42. The molecular formula is C17H14O5. The van der Waals surface area contributed by atoms with E-state index in [1.807, 2.05) is 0 Å². The van der Waals surface area contributed by atoms with Crippen molar-refractivity contribution in [2.75, 3.05) is 0 Å². The average molecular weight is 298 g/mol. The fraction of sp³-hybridized carbons (Fsp3) is 0.118. The monoisotopic (exact) mass is 298 g/mol. The van der Waals surface area contributed by atoms with Crippen LogP contribution in [0.25, 0.3) is 0 Å². The number of aliphatic carboxylic acids is 2. The molecule has 0 bridgehead atoms. The molecule has 0 aliphatic heterocycles. The van der Waals surface area contributed by atoms with Crippen molar-refractivity contribution in [2.45, 2.75) is 12.8 Å². The lowest BCUT2D eigenvalue weighted by atomic mass is 9.96. The first-order chi connectivity index (χ1) is 10.5. The fourth-order valence-electron chi connectivity index (χ4n) is 2.20. The van der Waals surface area contributed by atoms with E-state index in [-0.39, 0.29) is 18.6 Å². The molecule has 0 amide bonds. The van der Waals surface area contributed by atoms with E-state index in [1.165, 1.54) is 18.2 Å². The standard InChI is InChI=1S/C17H14O5/c18-15(19)9-11-6-12(10-16(20)21)8-14(7-11)17(22)13-4-2-1-3-5-13/h1-8H,9-10H2,(H,18,19)(H,20,21). The summed E-state index contributed by atoms with van der Waals surface area (Å²) in [7, 11) is 0. The predicted octanol–water partition coefficient (Wildman–Crippen LogP) is 2.17. The zero-order valence-electron chi connectivity index (χ0n) is 11.7. The fourth-order valence-corrected chi connectivity index (χ4v) is 2.20. The normalized spacial score (nSPS) is 10.2. The molecule has 0 saturated heterocycles. The van der Waals surface area contributed by atoms with Gasteiger partial charge in [-0.1, -0.05) is 36.4 Å². The molecule has 0 saturated carbocycles. The van der Waals surface area contributed by atoms with Crippen LogP contribution in [0.15, 0.2) is 48.5 Å². The minimum absolute atomic E-state index is 0.261. The smallest absolute Gasteiger partial charge is 0.307 e. The van der Waals surface area contributed by atoms with Gasteiger partial charge in [-0.2, -0.15) is 0 Å².